The Morgan fingerprint density at radius 3 is 2.56 bits per heavy atom. The molecule has 1 fully saturated rings. The van der Waals surface area contributed by atoms with Gasteiger partial charge in [0.15, 0.2) is 16.4 Å². The molecule has 2 heterocycles. The molecule has 0 saturated carbocycles. The Hall–Kier alpha value is -2.45. The molecule has 1 saturated heterocycles. The lowest BCUT2D eigenvalue weighted by molar-refractivity contribution is -0.122. The molecule has 1 atom stereocenters. The minimum Gasteiger partial charge on any atom is -0.452 e. The van der Waals surface area contributed by atoms with Crippen LogP contribution in [0.15, 0.2) is 48.7 Å². The van der Waals surface area contributed by atoms with Crippen LogP contribution in [0.1, 0.15) is 16.8 Å². The minimum absolute atomic E-state index is 0.0169. The number of sulfone groups is 1. The second-order valence-electron chi connectivity index (χ2n) is 6.07. The third-order valence-corrected chi connectivity index (χ3v) is 6.23. The zero-order chi connectivity index (χ0) is 19.4. The highest BCUT2D eigenvalue weighted by Gasteiger charge is 2.35. The van der Waals surface area contributed by atoms with Crippen LogP contribution < -0.4 is 4.90 Å². The fourth-order valence-corrected chi connectivity index (χ4v) is 4.84. The average molecular weight is 409 g/mol. The number of carbonyl (C=O) groups excluding carboxylic acids is 2. The van der Waals surface area contributed by atoms with Crippen LogP contribution in [0.4, 0.5) is 5.69 Å². The number of hydrogen-bond acceptors (Lipinski definition) is 6. The van der Waals surface area contributed by atoms with Gasteiger partial charge in [0.1, 0.15) is 5.15 Å². The number of hydrogen-bond donors (Lipinski definition) is 0. The molecular weight excluding hydrogens is 392 g/mol. The molecule has 9 heteroatoms. The quantitative estimate of drug-likeness (QED) is 0.555. The van der Waals surface area contributed by atoms with Crippen LogP contribution >= 0.6 is 11.6 Å². The summed E-state index contributed by atoms with van der Waals surface area (Å²) in [6, 6.07) is 11.2. The number of ether oxygens (including phenoxy) is 1. The van der Waals surface area contributed by atoms with Crippen LogP contribution in [0.5, 0.6) is 0 Å². The first-order valence-electron chi connectivity index (χ1n) is 8.22. The van der Waals surface area contributed by atoms with Gasteiger partial charge in [0, 0.05) is 11.9 Å². The first kappa shape index (κ1) is 19.3. The van der Waals surface area contributed by atoms with Crippen molar-refractivity contribution in [3.05, 3.63) is 59.4 Å². The van der Waals surface area contributed by atoms with E-state index in [1.54, 1.807) is 30.3 Å². The summed E-state index contributed by atoms with van der Waals surface area (Å²) in [7, 11) is -3.19. The van der Waals surface area contributed by atoms with Crippen molar-refractivity contribution in [3.63, 3.8) is 0 Å². The molecule has 0 bridgehead atoms. The van der Waals surface area contributed by atoms with Gasteiger partial charge < -0.3 is 9.64 Å². The second kappa shape index (κ2) is 8.06. The van der Waals surface area contributed by atoms with Crippen molar-refractivity contribution in [3.8, 4) is 0 Å². The van der Waals surface area contributed by atoms with E-state index >= 15 is 0 Å². The number of halogens is 1. The second-order valence-corrected chi connectivity index (χ2v) is 8.66. The molecule has 7 nitrogen and oxygen atoms in total. The van der Waals surface area contributed by atoms with Crippen LogP contribution in [-0.4, -0.2) is 49.4 Å². The summed E-state index contributed by atoms with van der Waals surface area (Å²) >= 11 is 5.85. The van der Waals surface area contributed by atoms with Gasteiger partial charge in [-0.05, 0) is 30.7 Å². The Labute approximate surface area is 161 Å². The van der Waals surface area contributed by atoms with E-state index < -0.39 is 34.4 Å². The number of anilines is 1. The highest BCUT2D eigenvalue weighted by Crippen LogP contribution is 2.24. The van der Waals surface area contributed by atoms with Gasteiger partial charge in [-0.25, -0.2) is 18.2 Å². The van der Waals surface area contributed by atoms with Gasteiger partial charge in [0.2, 0.25) is 0 Å². The summed E-state index contributed by atoms with van der Waals surface area (Å²) in [4.78, 5) is 30.1. The van der Waals surface area contributed by atoms with Crippen molar-refractivity contribution in [1.82, 2.24) is 4.98 Å². The number of aromatic nitrogens is 1. The maximum Gasteiger partial charge on any atom is 0.341 e. The predicted octanol–water partition coefficient (Wildman–Crippen LogP) is 2.11. The number of pyridine rings is 1. The lowest BCUT2D eigenvalue weighted by atomic mass is 10.2. The topological polar surface area (TPSA) is 93.6 Å². The van der Waals surface area contributed by atoms with E-state index in [0.29, 0.717) is 12.1 Å². The molecule has 0 unspecified atom stereocenters. The number of para-hydroxylation sites is 1. The predicted molar refractivity (Wildman–Crippen MR) is 101 cm³/mol. The average Bonchev–Trinajstić information content (AvgIpc) is 3.00. The zero-order valence-electron chi connectivity index (χ0n) is 14.2. The number of nitrogens with zero attached hydrogens (tertiary/aromatic N) is 2. The van der Waals surface area contributed by atoms with Crippen molar-refractivity contribution in [2.24, 2.45) is 0 Å². The molecule has 2 aromatic rings. The molecule has 1 aromatic heterocycles. The number of benzene rings is 1. The fraction of sp³-hybridized carbons (Fsp3) is 0.278. The molecule has 1 amide bonds. The highest BCUT2D eigenvalue weighted by atomic mass is 35.5. The number of rotatable bonds is 5. The Balaban J connectivity index is 1.76. The Bertz CT molecular complexity index is 949. The van der Waals surface area contributed by atoms with E-state index in [9.17, 15) is 18.0 Å². The van der Waals surface area contributed by atoms with Gasteiger partial charge in [-0.15, -0.1) is 0 Å². The largest absolute Gasteiger partial charge is 0.452 e. The molecule has 0 radical (unpaired) electrons. The van der Waals surface area contributed by atoms with E-state index in [2.05, 4.69) is 4.98 Å². The van der Waals surface area contributed by atoms with Crippen molar-refractivity contribution < 1.29 is 22.7 Å². The van der Waals surface area contributed by atoms with Crippen molar-refractivity contribution in [2.45, 2.75) is 12.5 Å². The lowest BCUT2D eigenvalue weighted by Crippen LogP contribution is -2.43. The normalized spacial score (nSPS) is 18.0. The summed E-state index contributed by atoms with van der Waals surface area (Å²) in [5.74, 6) is -1.36. The number of esters is 1. The fourth-order valence-electron chi connectivity index (χ4n) is 2.94. The van der Waals surface area contributed by atoms with Crippen molar-refractivity contribution >= 4 is 39.0 Å². The Morgan fingerprint density at radius 1 is 1.19 bits per heavy atom. The first-order valence-corrected chi connectivity index (χ1v) is 10.4. The molecular formula is C18H17ClN2O5S. The van der Waals surface area contributed by atoms with E-state index in [4.69, 9.17) is 16.3 Å². The van der Waals surface area contributed by atoms with Gasteiger partial charge in [-0.2, -0.15) is 0 Å². The van der Waals surface area contributed by atoms with Crippen molar-refractivity contribution in [1.29, 1.82) is 0 Å². The van der Waals surface area contributed by atoms with E-state index in [0.717, 1.165) is 0 Å². The summed E-state index contributed by atoms with van der Waals surface area (Å²) in [6.45, 7) is -0.532. The molecule has 3 rings (SSSR count). The maximum atomic E-state index is 12.8. The maximum absolute atomic E-state index is 12.8. The highest BCUT2D eigenvalue weighted by molar-refractivity contribution is 7.91. The molecule has 1 aliphatic heterocycles. The summed E-state index contributed by atoms with van der Waals surface area (Å²) in [6.07, 6.45) is 1.77. The van der Waals surface area contributed by atoms with Crippen LogP contribution in [-0.2, 0) is 19.4 Å². The first-order chi connectivity index (χ1) is 12.9. The van der Waals surface area contributed by atoms with Gasteiger partial charge in [-0.3, -0.25) is 4.79 Å². The summed E-state index contributed by atoms with van der Waals surface area (Å²) in [5, 5.41) is -0.0169. The van der Waals surface area contributed by atoms with E-state index in [1.807, 2.05) is 0 Å². The van der Waals surface area contributed by atoms with Gasteiger partial charge in [0.05, 0.1) is 23.1 Å². The molecule has 0 spiro atoms. The molecule has 1 aliphatic rings. The summed E-state index contributed by atoms with van der Waals surface area (Å²) in [5.41, 5.74) is 0.613. The molecule has 27 heavy (non-hydrogen) atoms. The SMILES string of the molecule is O=C(OCC(=O)N(c1ccccc1)[C@H]1CCS(=O)(=O)C1)c1cccnc1Cl. The minimum atomic E-state index is -3.19. The van der Waals surface area contributed by atoms with Crippen LogP contribution in [0.2, 0.25) is 5.15 Å². The van der Waals surface area contributed by atoms with E-state index in [1.165, 1.54) is 23.2 Å². The standard InChI is InChI=1S/C18H17ClN2O5S/c19-17-15(7-4-9-20-17)18(23)26-11-16(22)21(13-5-2-1-3-6-13)14-8-10-27(24,25)12-14/h1-7,9,14H,8,10-12H2/t14-/m0/s1. The molecule has 0 N–H and O–H groups in total. The van der Waals surface area contributed by atoms with Gasteiger partial charge in [-0.1, -0.05) is 29.8 Å². The van der Waals surface area contributed by atoms with E-state index in [-0.39, 0.29) is 22.2 Å². The van der Waals surface area contributed by atoms with Crippen LogP contribution in [0.25, 0.3) is 0 Å². The third-order valence-electron chi connectivity index (χ3n) is 4.18. The lowest BCUT2D eigenvalue weighted by Gasteiger charge is -2.28. The zero-order valence-corrected chi connectivity index (χ0v) is 15.8. The van der Waals surface area contributed by atoms with Crippen molar-refractivity contribution in [2.75, 3.05) is 23.0 Å². The smallest absolute Gasteiger partial charge is 0.341 e. The molecule has 0 aliphatic carbocycles. The van der Waals surface area contributed by atoms with Crippen LogP contribution in [0.3, 0.4) is 0 Å². The number of amides is 1. The Kier molecular flexibility index (Phi) is 5.76. The Morgan fingerprint density at radius 2 is 1.93 bits per heavy atom. The van der Waals surface area contributed by atoms with Gasteiger partial charge in [0.25, 0.3) is 5.91 Å². The monoisotopic (exact) mass is 408 g/mol. The van der Waals surface area contributed by atoms with Gasteiger partial charge >= 0.3 is 5.97 Å². The van der Waals surface area contributed by atoms with Crippen LogP contribution in [0, 0.1) is 0 Å². The molecule has 142 valence electrons. The molecule has 1 aromatic carbocycles. The summed E-state index contributed by atoms with van der Waals surface area (Å²) < 4.78 is 28.8. The third kappa shape index (κ3) is 4.64. The number of carbonyl (C=O) groups is 2.